The minimum atomic E-state index is -0.524. The predicted octanol–water partition coefficient (Wildman–Crippen LogP) is 0.409. The Bertz CT molecular complexity index is 171. The van der Waals surface area contributed by atoms with Crippen LogP contribution in [0.15, 0.2) is 0 Å². The summed E-state index contributed by atoms with van der Waals surface area (Å²) >= 11 is 0. The quantitative estimate of drug-likeness (QED) is 0.632. The molecule has 2 aliphatic rings. The van der Waals surface area contributed by atoms with Gasteiger partial charge in [-0.1, -0.05) is 0 Å². The Hall–Kier alpha value is -0.120. The highest BCUT2D eigenvalue weighted by Gasteiger charge is 2.45. The van der Waals surface area contributed by atoms with E-state index in [1.807, 2.05) is 0 Å². The van der Waals surface area contributed by atoms with Crippen LogP contribution in [-0.2, 0) is 4.74 Å². The van der Waals surface area contributed by atoms with E-state index in [-0.39, 0.29) is 5.54 Å². The van der Waals surface area contributed by atoms with Crippen molar-refractivity contribution in [2.75, 3.05) is 13.2 Å². The topological polar surface area (TPSA) is 55.5 Å². The van der Waals surface area contributed by atoms with Crippen molar-refractivity contribution in [3.05, 3.63) is 0 Å². The van der Waals surface area contributed by atoms with Gasteiger partial charge in [0.25, 0.3) is 0 Å². The third kappa shape index (κ3) is 1.79. The van der Waals surface area contributed by atoms with Gasteiger partial charge in [0, 0.05) is 18.8 Å². The monoisotopic (exact) mass is 171 g/mol. The summed E-state index contributed by atoms with van der Waals surface area (Å²) in [4.78, 5) is 0. The predicted molar refractivity (Wildman–Crippen MR) is 45.8 cm³/mol. The molecule has 1 heterocycles. The first-order chi connectivity index (χ1) is 5.62. The van der Waals surface area contributed by atoms with Crippen molar-refractivity contribution >= 4 is 0 Å². The van der Waals surface area contributed by atoms with Crippen LogP contribution in [-0.4, -0.2) is 29.5 Å². The van der Waals surface area contributed by atoms with Gasteiger partial charge in [0.15, 0.2) is 0 Å². The van der Waals surface area contributed by atoms with Crippen molar-refractivity contribution in [1.82, 2.24) is 0 Å². The SMILES string of the molecule is NC1(CC2(O)CCOCC2)CC1. The fourth-order valence-electron chi connectivity index (χ4n) is 1.92. The van der Waals surface area contributed by atoms with Crippen LogP contribution in [0, 0.1) is 0 Å². The average Bonchev–Trinajstić information content (AvgIpc) is 2.67. The van der Waals surface area contributed by atoms with Crippen molar-refractivity contribution in [3.8, 4) is 0 Å². The molecule has 70 valence electrons. The Kier molecular flexibility index (Phi) is 1.90. The highest BCUT2D eigenvalue weighted by Crippen LogP contribution is 2.42. The van der Waals surface area contributed by atoms with Crippen LogP contribution < -0.4 is 5.73 Å². The first-order valence-electron chi connectivity index (χ1n) is 4.71. The van der Waals surface area contributed by atoms with Gasteiger partial charge in [-0.15, -0.1) is 0 Å². The molecule has 1 aliphatic heterocycles. The second kappa shape index (κ2) is 2.69. The van der Waals surface area contributed by atoms with Crippen LogP contribution >= 0.6 is 0 Å². The van der Waals surface area contributed by atoms with Crippen molar-refractivity contribution in [3.63, 3.8) is 0 Å². The first kappa shape index (κ1) is 8.48. The summed E-state index contributed by atoms with van der Waals surface area (Å²) < 4.78 is 5.20. The Balaban J connectivity index is 1.90. The molecule has 0 aromatic rings. The number of rotatable bonds is 2. The van der Waals surface area contributed by atoms with E-state index in [1.165, 1.54) is 0 Å². The van der Waals surface area contributed by atoms with Gasteiger partial charge in [-0.05, 0) is 32.1 Å². The van der Waals surface area contributed by atoms with Crippen LogP contribution in [0.1, 0.15) is 32.1 Å². The normalized spacial score (nSPS) is 31.5. The zero-order valence-electron chi connectivity index (χ0n) is 7.38. The molecule has 3 heteroatoms. The molecule has 1 saturated carbocycles. The second-order valence-electron chi connectivity index (χ2n) is 4.38. The molecule has 0 bridgehead atoms. The summed E-state index contributed by atoms with van der Waals surface area (Å²) in [5, 5.41) is 10.1. The maximum atomic E-state index is 10.1. The molecule has 2 rings (SSSR count). The molecule has 0 amide bonds. The lowest BCUT2D eigenvalue weighted by molar-refractivity contribution is -0.0726. The van der Waals surface area contributed by atoms with Gasteiger partial charge < -0.3 is 15.6 Å². The maximum Gasteiger partial charge on any atom is 0.0709 e. The molecule has 0 aromatic carbocycles. The lowest BCUT2D eigenvalue weighted by Crippen LogP contribution is -2.42. The largest absolute Gasteiger partial charge is 0.390 e. The summed E-state index contributed by atoms with van der Waals surface area (Å²) in [6.07, 6.45) is 4.44. The summed E-state index contributed by atoms with van der Waals surface area (Å²) in [5.41, 5.74) is 5.40. The molecular formula is C9H17NO2. The highest BCUT2D eigenvalue weighted by molar-refractivity contribution is 5.04. The van der Waals surface area contributed by atoms with E-state index in [2.05, 4.69) is 0 Å². The highest BCUT2D eigenvalue weighted by atomic mass is 16.5. The van der Waals surface area contributed by atoms with E-state index in [0.717, 1.165) is 32.1 Å². The van der Waals surface area contributed by atoms with E-state index in [4.69, 9.17) is 10.5 Å². The molecule has 0 unspecified atom stereocenters. The minimum absolute atomic E-state index is 0.0356. The second-order valence-corrected chi connectivity index (χ2v) is 4.38. The van der Waals surface area contributed by atoms with E-state index >= 15 is 0 Å². The van der Waals surface area contributed by atoms with Gasteiger partial charge >= 0.3 is 0 Å². The van der Waals surface area contributed by atoms with Crippen LogP contribution in [0.4, 0.5) is 0 Å². The summed E-state index contributed by atoms with van der Waals surface area (Å²) in [6, 6.07) is 0. The number of ether oxygens (including phenoxy) is 1. The van der Waals surface area contributed by atoms with E-state index in [0.29, 0.717) is 13.2 Å². The number of hydrogen-bond donors (Lipinski definition) is 2. The van der Waals surface area contributed by atoms with Crippen molar-refractivity contribution < 1.29 is 9.84 Å². The molecule has 2 fully saturated rings. The van der Waals surface area contributed by atoms with Crippen molar-refractivity contribution in [2.24, 2.45) is 5.73 Å². The van der Waals surface area contributed by atoms with E-state index < -0.39 is 5.60 Å². The Labute approximate surface area is 72.9 Å². The Morgan fingerprint density at radius 3 is 2.25 bits per heavy atom. The van der Waals surface area contributed by atoms with Crippen molar-refractivity contribution in [1.29, 1.82) is 0 Å². The third-order valence-electron chi connectivity index (χ3n) is 3.00. The number of aliphatic hydroxyl groups is 1. The molecule has 0 atom stereocenters. The lowest BCUT2D eigenvalue weighted by atomic mass is 9.86. The number of hydrogen-bond acceptors (Lipinski definition) is 3. The fourth-order valence-corrected chi connectivity index (χ4v) is 1.92. The van der Waals surface area contributed by atoms with E-state index in [9.17, 15) is 5.11 Å². The molecule has 0 spiro atoms. The molecule has 3 N–H and O–H groups in total. The third-order valence-corrected chi connectivity index (χ3v) is 3.00. The van der Waals surface area contributed by atoms with Crippen LogP contribution in [0.5, 0.6) is 0 Å². The molecule has 0 radical (unpaired) electrons. The van der Waals surface area contributed by atoms with Gasteiger partial charge in [0.05, 0.1) is 5.60 Å². The van der Waals surface area contributed by atoms with Crippen LogP contribution in [0.3, 0.4) is 0 Å². The molecular weight excluding hydrogens is 154 g/mol. The molecule has 3 nitrogen and oxygen atoms in total. The van der Waals surface area contributed by atoms with Gasteiger partial charge in [-0.3, -0.25) is 0 Å². The average molecular weight is 171 g/mol. The van der Waals surface area contributed by atoms with Crippen LogP contribution in [0.2, 0.25) is 0 Å². The summed E-state index contributed by atoms with van der Waals surface area (Å²) in [5.74, 6) is 0. The lowest BCUT2D eigenvalue weighted by Gasteiger charge is -2.34. The molecule has 1 aliphatic carbocycles. The van der Waals surface area contributed by atoms with Crippen LogP contribution in [0.25, 0.3) is 0 Å². The van der Waals surface area contributed by atoms with Gasteiger partial charge in [-0.2, -0.15) is 0 Å². The minimum Gasteiger partial charge on any atom is -0.390 e. The summed E-state index contributed by atoms with van der Waals surface area (Å²) in [6.45, 7) is 1.37. The Morgan fingerprint density at radius 1 is 1.17 bits per heavy atom. The van der Waals surface area contributed by atoms with Gasteiger partial charge in [0.2, 0.25) is 0 Å². The standard InChI is InChI=1S/C9H17NO2/c10-8(1-2-8)7-9(11)3-5-12-6-4-9/h11H,1-7,10H2. The number of nitrogens with two attached hydrogens (primary N) is 1. The van der Waals surface area contributed by atoms with Gasteiger partial charge in [-0.25, -0.2) is 0 Å². The van der Waals surface area contributed by atoms with Crippen molar-refractivity contribution in [2.45, 2.75) is 43.2 Å². The summed E-state index contributed by atoms with van der Waals surface area (Å²) in [7, 11) is 0. The first-order valence-corrected chi connectivity index (χ1v) is 4.71. The fraction of sp³-hybridized carbons (Fsp3) is 1.00. The van der Waals surface area contributed by atoms with E-state index in [1.54, 1.807) is 0 Å². The maximum absolute atomic E-state index is 10.1. The molecule has 0 aromatic heterocycles. The van der Waals surface area contributed by atoms with Gasteiger partial charge in [0.1, 0.15) is 0 Å². The molecule has 12 heavy (non-hydrogen) atoms. The zero-order chi connectivity index (χ0) is 8.66. The molecule has 1 saturated heterocycles. The smallest absolute Gasteiger partial charge is 0.0709 e. The zero-order valence-corrected chi connectivity index (χ0v) is 7.38. The Morgan fingerprint density at radius 2 is 1.75 bits per heavy atom.